The maximum Gasteiger partial charge on any atom is 0.307 e. The number of guanidine groups is 9. The van der Waals surface area contributed by atoms with E-state index < -0.39 is 61.1 Å². The third-order valence-electron chi connectivity index (χ3n) is 2.06. The highest BCUT2D eigenvalue weighted by atomic mass is 31.2. The molecule has 0 fully saturated rings. The zero-order valence-electron chi connectivity index (χ0n) is 16.4. The van der Waals surface area contributed by atoms with Crippen molar-refractivity contribution in [3.8, 4) is 0 Å². The van der Waals surface area contributed by atoms with E-state index in [1.807, 2.05) is 0 Å². The Balaban J connectivity index is 7.43. The third-order valence-corrected chi connectivity index (χ3v) is 3.43. The fraction of sp³-hybridized carbons (Fsp3) is 0. The van der Waals surface area contributed by atoms with E-state index in [1.165, 1.54) is 0 Å². The molecule has 0 aromatic carbocycles. The monoisotopic (exact) mass is 472 g/mol. The summed E-state index contributed by atoms with van der Waals surface area (Å²) in [5, 5.41) is 8.62. The molecule has 0 saturated heterocycles. The van der Waals surface area contributed by atoms with E-state index in [1.54, 1.807) is 0 Å². The van der Waals surface area contributed by atoms with Crippen LogP contribution in [0, 0.1) is 5.16 Å². The number of hydrogen-bond donors (Lipinski definition) is 13. The van der Waals surface area contributed by atoms with Gasteiger partial charge in [0.25, 0.3) is 17.9 Å². The Morgan fingerprint density at radius 2 is 0.531 bits per heavy atom. The van der Waals surface area contributed by atoms with E-state index in [-0.39, 0.29) is 0 Å². The minimum atomic E-state index is -4.27. The van der Waals surface area contributed by atoms with E-state index in [2.05, 4.69) is 44.2 Å². The Morgan fingerprint density at radius 3 is 0.656 bits per heavy atom. The molecule has 0 radical (unpaired) electrons. The Labute approximate surface area is 180 Å². The number of aliphatic imine (C=N–C) groups is 6. The molecule has 0 amide bonds. The largest absolute Gasteiger partial charge is 0.370 e. The van der Waals surface area contributed by atoms with Crippen LogP contribution in [0.2, 0.25) is 0 Å². The first-order valence-corrected chi connectivity index (χ1v) is 9.29. The van der Waals surface area contributed by atoms with Gasteiger partial charge in [-0.15, -0.1) is 0 Å². The molecule has 25 N–H and O–H groups in total. The molecule has 0 aromatic rings. The highest BCUT2D eigenvalue weighted by Gasteiger charge is 2.20. The van der Waals surface area contributed by atoms with Crippen molar-refractivity contribution in [2.75, 3.05) is 0 Å². The van der Waals surface area contributed by atoms with Crippen molar-refractivity contribution in [2.45, 2.75) is 0 Å². The van der Waals surface area contributed by atoms with Crippen molar-refractivity contribution in [2.24, 2.45) is 113 Å². The highest BCUT2D eigenvalue weighted by Crippen LogP contribution is 2.52. The van der Waals surface area contributed by atoms with Gasteiger partial charge in [0.15, 0.2) is 35.8 Å². The third kappa shape index (κ3) is 12.3. The van der Waals surface area contributed by atoms with Gasteiger partial charge >= 0.3 is 7.51 Å². The van der Waals surface area contributed by atoms with Crippen LogP contribution in [0.3, 0.4) is 0 Å². The zero-order valence-corrected chi connectivity index (χ0v) is 17.3. The van der Waals surface area contributed by atoms with E-state index in [9.17, 15) is 0 Å². The summed E-state index contributed by atoms with van der Waals surface area (Å²) < 4.78 is 11.5. The minimum absolute atomic E-state index is 0.532. The molecule has 0 spiro atoms. The fourth-order valence-corrected chi connectivity index (χ4v) is 2.49. The molecular weight excluding hydrogens is 447 g/mol. The number of rotatable bonds is 3. The van der Waals surface area contributed by atoms with Gasteiger partial charge in [0.2, 0.25) is 0 Å². The smallest absolute Gasteiger partial charge is 0.307 e. The van der Waals surface area contributed by atoms with Crippen LogP contribution in [0.1, 0.15) is 0 Å². The van der Waals surface area contributed by atoms with Crippen molar-refractivity contribution in [1.29, 1.82) is 5.16 Å². The summed E-state index contributed by atoms with van der Waals surface area (Å²) in [6.45, 7) is 0. The van der Waals surface area contributed by atoms with E-state index in [0.29, 0.717) is 0 Å². The van der Waals surface area contributed by atoms with Gasteiger partial charge in [-0.1, -0.05) is 0 Å². The molecule has 0 aliphatic carbocycles. The molecule has 0 aliphatic heterocycles. The van der Waals surface area contributed by atoms with Crippen LogP contribution in [0.5, 0.6) is 0 Å². The summed E-state index contributed by atoms with van der Waals surface area (Å²) in [7, 11) is -4.27. The molecule has 0 rings (SSSR count). The second-order valence-corrected chi connectivity index (χ2v) is 6.72. The molecule has 0 aliphatic rings. The Kier molecular flexibility index (Phi) is 9.87. The van der Waals surface area contributed by atoms with Gasteiger partial charge in [-0.05, 0) is 0 Å². The lowest BCUT2D eigenvalue weighted by Crippen LogP contribution is -2.27. The van der Waals surface area contributed by atoms with Gasteiger partial charge in [-0.3, -0.25) is 5.16 Å². The maximum absolute atomic E-state index is 8.62. The predicted octanol–water partition coefficient (Wildman–Crippen LogP) is -6.78. The second kappa shape index (κ2) is 11.8. The van der Waals surface area contributed by atoms with Crippen LogP contribution >= 0.6 is 7.51 Å². The van der Waals surface area contributed by atoms with Crippen molar-refractivity contribution < 1.29 is 0 Å². The number of nitrogens with one attached hydrogen (secondary N) is 1. The molecule has 0 atom stereocenters. The van der Waals surface area contributed by atoms with E-state index in [0.717, 1.165) is 0 Å². The van der Waals surface area contributed by atoms with Crippen LogP contribution in [0.25, 0.3) is 0 Å². The van der Waals surface area contributed by atoms with Crippen LogP contribution in [-0.4, -0.2) is 53.6 Å². The molecule has 0 unspecified atom stereocenters. The highest BCUT2D eigenvalue weighted by molar-refractivity contribution is 7.61. The molecule has 0 aromatic heterocycles. The summed E-state index contributed by atoms with van der Waals surface area (Å²) in [6, 6.07) is 0. The van der Waals surface area contributed by atoms with Crippen molar-refractivity contribution in [3.05, 3.63) is 0 Å². The first kappa shape index (κ1) is 26.9. The SMILES string of the molecule is N=P(N=C(N=C(N)N)N=C(N)N)(N=C(N=C(N)N)N=C(N)N)N=C(N=C(N)N)N=C(N)N. The van der Waals surface area contributed by atoms with Crippen molar-refractivity contribution in [1.82, 2.24) is 0 Å². The number of nitrogens with zero attached hydrogens (tertiary/aromatic N) is 9. The van der Waals surface area contributed by atoms with Crippen LogP contribution in [-0.2, 0) is 0 Å². The van der Waals surface area contributed by atoms with Crippen LogP contribution in [0.15, 0.2) is 44.2 Å². The number of nitrogens with two attached hydrogens (primary N) is 12. The molecule has 0 saturated carbocycles. The predicted molar refractivity (Wildman–Crippen MR) is 127 cm³/mol. The Morgan fingerprint density at radius 1 is 0.375 bits per heavy atom. The molecule has 23 heteroatoms. The Bertz CT molecular complexity index is 804. The van der Waals surface area contributed by atoms with Gasteiger partial charge < -0.3 is 68.8 Å². The molecule has 176 valence electrons. The molecule has 0 bridgehead atoms. The standard InChI is InChI=1S/C9H25N22P/c10-1(11)23-7(24-2(12)13)29-32(22,30-8(25-3(14)15)26-4(16)17)31-9(27-5(18)19)28-6(20)21/h(H25,10,11,12,13,14,15,16,17,18,19,20,21,22,23,24,25,26,27,28,29,30,31). The molecule has 32 heavy (non-hydrogen) atoms. The summed E-state index contributed by atoms with van der Waals surface area (Å²) in [5.41, 5.74) is 63.7. The minimum Gasteiger partial charge on any atom is -0.370 e. The van der Waals surface area contributed by atoms with Gasteiger partial charge in [-0.25, -0.2) is 0 Å². The van der Waals surface area contributed by atoms with Gasteiger partial charge in [-0.2, -0.15) is 44.2 Å². The average Bonchev–Trinajstić information content (AvgIpc) is 2.49. The van der Waals surface area contributed by atoms with Gasteiger partial charge in [0, 0.05) is 0 Å². The summed E-state index contributed by atoms with van der Waals surface area (Å²) >= 11 is 0. The fourth-order valence-electron chi connectivity index (χ4n) is 1.34. The quantitative estimate of drug-likeness (QED) is 0.103. The Hall–Kier alpha value is -5.14. The summed E-state index contributed by atoms with van der Waals surface area (Å²) in [5.74, 6) is -5.10. The second-order valence-electron chi connectivity index (χ2n) is 4.99. The summed E-state index contributed by atoms with van der Waals surface area (Å²) in [4.78, 5) is 21.4. The van der Waals surface area contributed by atoms with E-state index in [4.69, 9.17) is 74.0 Å². The van der Waals surface area contributed by atoms with Crippen molar-refractivity contribution in [3.63, 3.8) is 0 Å². The first-order valence-electron chi connectivity index (χ1n) is 7.64. The van der Waals surface area contributed by atoms with Gasteiger partial charge in [0.1, 0.15) is 0 Å². The van der Waals surface area contributed by atoms with E-state index >= 15 is 0 Å². The number of hydrogen-bond acceptors (Lipinski definition) is 1. The maximum atomic E-state index is 8.62. The lowest BCUT2D eigenvalue weighted by Gasteiger charge is -2.09. The van der Waals surface area contributed by atoms with Crippen LogP contribution < -0.4 is 68.8 Å². The van der Waals surface area contributed by atoms with Crippen molar-refractivity contribution >= 4 is 61.1 Å². The topological polar surface area (TPSA) is 447 Å². The lowest BCUT2D eigenvalue weighted by atomic mass is 10.9. The molecule has 22 nitrogen and oxygen atoms in total. The first-order chi connectivity index (χ1) is 14.6. The zero-order chi connectivity index (χ0) is 25.1. The molecule has 0 heterocycles. The lowest BCUT2D eigenvalue weighted by molar-refractivity contribution is 1.33. The molecular formula is C9H25N22P. The van der Waals surface area contributed by atoms with Gasteiger partial charge in [0.05, 0.1) is 0 Å². The normalized spacial score (nSPS) is 9.62. The van der Waals surface area contributed by atoms with Crippen LogP contribution in [0.4, 0.5) is 0 Å². The average molecular weight is 472 g/mol. The summed E-state index contributed by atoms with van der Waals surface area (Å²) in [6.07, 6.45) is 0.